The van der Waals surface area contributed by atoms with E-state index in [-0.39, 0.29) is 22.7 Å². The van der Waals surface area contributed by atoms with Gasteiger partial charge < -0.3 is 5.73 Å². The molecule has 0 saturated heterocycles. The van der Waals surface area contributed by atoms with Crippen LogP contribution in [-0.2, 0) is 14.9 Å². The molecule has 102 valence electrons. The number of anilines is 1. The molecule has 0 aliphatic carbocycles. The Bertz CT molecular complexity index is 554. The summed E-state index contributed by atoms with van der Waals surface area (Å²) in [4.78, 5) is 4.80. The fraction of sp³-hybridized carbons (Fsp3) is 0.455. The standard InChI is InChI=1S/C11H17FN2O3S/c1-5-14(17-4)18(15,16)11-7(2)6-9(12)10(13)8(11)3/h6H,5,13H2,1-4H3. The zero-order valence-corrected chi connectivity index (χ0v) is 11.6. The van der Waals surface area contributed by atoms with Crippen molar-refractivity contribution in [3.05, 3.63) is 23.0 Å². The van der Waals surface area contributed by atoms with Crippen molar-refractivity contribution in [3.8, 4) is 0 Å². The molecule has 0 unspecified atom stereocenters. The van der Waals surface area contributed by atoms with Crippen molar-refractivity contribution in [1.29, 1.82) is 0 Å². The largest absolute Gasteiger partial charge is 0.396 e. The van der Waals surface area contributed by atoms with E-state index in [1.54, 1.807) is 6.92 Å². The lowest BCUT2D eigenvalue weighted by Gasteiger charge is -2.21. The Morgan fingerprint density at radius 1 is 1.44 bits per heavy atom. The van der Waals surface area contributed by atoms with Gasteiger partial charge in [-0.1, -0.05) is 4.47 Å². The van der Waals surface area contributed by atoms with Crippen LogP contribution in [-0.4, -0.2) is 26.5 Å². The number of hydroxylamine groups is 1. The molecule has 0 amide bonds. The highest BCUT2D eigenvalue weighted by molar-refractivity contribution is 7.89. The summed E-state index contributed by atoms with van der Waals surface area (Å²) in [6.07, 6.45) is 0. The van der Waals surface area contributed by atoms with Crippen molar-refractivity contribution >= 4 is 15.7 Å². The van der Waals surface area contributed by atoms with Crippen molar-refractivity contribution in [2.75, 3.05) is 19.4 Å². The predicted molar refractivity (Wildman–Crippen MR) is 66.9 cm³/mol. The molecule has 5 nitrogen and oxygen atoms in total. The first-order valence-corrected chi connectivity index (χ1v) is 6.83. The minimum absolute atomic E-state index is 0.00917. The Labute approximate surface area is 106 Å². The highest BCUT2D eigenvalue weighted by atomic mass is 32.2. The third-order valence-corrected chi connectivity index (χ3v) is 4.78. The normalized spacial score (nSPS) is 12.1. The van der Waals surface area contributed by atoms with E-state index in [0.717, 1.165) is 10.5 Å². The van der Waals surface area contributed by atoms with Crippen LogP contribution in [0, 0.1) is 19.7 Å². The van der Waals surface area contributed by atoms with Crippen LogP contribution >= 0.6 is 0 Å². The Morgan fingerprint density at radius 2 is 2.00 bits per heavy atom. The number of hydrogen-bond acceptors (Lipinski definition) is 4. The summed E-state index contributed by atoms with van der Waals surface area (Å²) in [7, 11) is -2.57. The maximum absolute atomic E-state index is 13.4. The minimum atomic E-state index is -3.84. The molecule has 0 aliphatic heterocycles. The lowest BCUT2D eigenvalue weighted by Crippen LogP contribution is -2.31. The first kappa shape index (κ1) is 14.9. The van der Waals surface area contributed by atoms with Gasteiger partial charge in [-0.05, 0) is 38.0 Å². The fourth-order valence-electron chi connectivity index (χ4n) is 1.83. The Balaban J connectivity index is 3.56. The topological polar surface area (TPSA) is 72.6 Å². The van der Waals surface area contributed by atoms with Gasteiger partial charge in [0.1, 0.15) is 5.82 Å². The summed E-state index contributed by atoms with van der Waals surface area (Å²) < 4.78 is 38.9. The number of benzene rings is 1. The molecule has 7 heteroatoms. The molecule has 0 spiro atoms. The van der Waals surface area contributed by atoms with Gasteiger partial charge in [0.2, 0.25) is 0 Å². The summed E-state index contributed by atoms with van der Waals surface area (Å²) in [5, 5.41) is 0. The van der Waals surface area contributed by atoms with Crippen LogP contribution in [0.4, 0.5) is 10.1 Å². The molecular weight excluding hydrogens is 259 g/mol. The summed E-state index contributed by atoms with van der Waals surface area (Å²) in [6, 6.07) is 1.11. The van der Waals surface area contributed by atoms with E-state index >= 15 is 0 Å². The van der Waals surface area contributed by atoms with Crippen molar-refractivity contribution in [2.24, 2.45) is 0 Å². The summed E-state index contributed by atoms with van der Waals surface area (Å²) in [5.41, 5.74) is 5.87. The van der Waals surface area contributed by atoms with E-state index in [0.29, 0.717) is 5.56 Å². The lowest BCUT2D eigenvalue weighted by molar-refractivity contribution is -0.0443. The molecule has 0 bridgehead atoms. The first-order valence-electron chi connectivity index (χ1n) is 5.39. The van der Waals surface area contributed by atoms with E-state index in [2.05, 4.69) is 0 Å². The Morgan fingerprint density at radius 3 is 2.44 bits per heavy atom. The molecule has 1 aromatic rings. The van der Waals surface area contributed by atoms with Crippen LogP contribution < -0.4 is 5.73 Å². The quantitative estimate of drug-likeness (QED) is 0.669. The highest BCUT2D eigenvalue weighted by Gasteiger charge is 2.28. The molecule has 0 fully saturated rings. The molecule has 0 heterocycles. The van der Waals surface area contributed by atoms with Crippen LogP contribution in [0.2, 0.25) is 0 Å². The van der Waals surface area contributed by atoms with Crippen LogP contribution in [0.3, 0.4) is 0 Å². The third kappa shape index (κ3) is 2.33. The number of nitrogens with zero attached hydrogens (tertiary/aromatic N) is 1. The number of nitrogens with two attached hydrogens (primary N) is 1. The van der Waals surface area contributed by atoms with Crippen molar-refractivity contribution in [1.82, 2.24) is 4.47 Å². The molecule has 1 rings (SSSR count). The van der Waals surface area contributed by atoms with Crippen LogP contribution in [0.15, 0.2) is 11.0 Å². The molecule has 2 N–H and O–H groups in total. The van der Waals surface area contributed by atoms with Gasteiger partial charge in [0.25, 0.3) is 10.0 Å². The zero-order chi connectivity index (χ0) is 14.1. The van der Waals surface area contributed by atoms with Gasteiger partial charge in [-0.3, -0.25) is 4.84 Å². The molecule has 18 heavy (non-hydrogen) atoms. The molecule has 0 radical (unpaired) electrons. The predicted octanol–water partition coefficient (Wildman–Crippen LogP) is 1.60. The number of nitrogen functional groups attached to an aromatic ring is 1. The smallest absolute Gasteiger partial charge is 0.265 e. The number of aryl methyl sites for hydroxylation is 1. The van der Waals surface area contributed by atoms with Gasteiger partial charge in [0.05, 0.1) is 17.7 Å². The number of halogens is 1. The number of hydrogen-bond donors (Lipinski definition) is 1. The highest BCUT2D eigenvalue weighted by Crippen LogP contribution is 2.29. The van der Waals surface area contributed by atoms with E-state index in [1.807, 2.05) is 0 Å². The molecular formula is C11H17FN2O3S. The maximum Gasteiger partial charge on any atom is 0.265 e. The van der Waals surface area contributed by atoms with E-state index in [4.69, 9.17) is 10.6 Å². The van der Waals surface area contributed by atoms with E-state index in [9.17, 15) is 12.8 Å². The van der Waals surface area contributed by atoms with Gasteiger partial charge in [0, 0.05) is 6.54 Å². The fourth-order valence-corrected chi connectivity index (χ4v) is 3.53. The second-order valence-corrected chi connectivity index (χ2v) is 5.62. The van der Waals surface area contributed by atoms with E-state index in [1.165, 1.54) is 21.0 Å². The molecule has 0 atom stereocenters. The summed E-state index contributed by atoms with van der Waals surface area (Å²) >= 11 is 0. The van der Waals surface area contributed by atoms with Crippen LogP contribution in [0.25, 0.3) is 0 Å². The second-order valence-electron chi connectivity index (χ2n) is 3.85. The molecule has 0 aliphatic rings. The van der Waals surface area contributed by atoms with Gasteiger partial charge in [-0.25, -0.2) is 12.8 Å². The maximum atomic E-state index is 13.4. The van der Waals surface area contributed by atoms with Crippen molar-refractivity contribution < 1.29 is 17.6 Å². The first-order chi connectivity index (χ1) is 8.27. The average molecular weight is 276 g/mol. The lowest BCUT2D eigenvalue weighted by atomic mass is 10.1. The molecule has 1 aromatic carbocycles. The Hall–Kier alpha value is -1.18. The van der Waals surface area contributed by atoms with Gasteiger partial charge in [-0.15, -0.1) is 0 Å². The number of sulfonamides is 1. The Kier molecular flexibility index (Phi) is 4.31. The molecule has 0 saturated carbocycles. The van der Waals surface area contributed by atoms with Gasteiger partial charge in [-0.2, -0.15) is 0 Å². The average Bonchev–Trinajstić information content (AvgIpc) is 2.26. The third-order valence-electron chi connectivity index (χ3n) is 2.69. The van der Waals surface area contributed by atoms with Gasteiger partial charge >= 0.3 is 0 Å². The van der Waals surface area contributed by atoms with Crippen LogP contribution in [0.1, 0.15) is 18.1 Å². The van der Waals surface area contributed by atoms with Crippen LogP contribution in [0.5, 0.6) is 0 Å². The van der Waals surface area contributed by atoms with Gasteiger partial charge in [0.15, 0.2) is 0 Å². The number of rotatable bonds is 4. The summed E-state index contributed by atoms with van der Waals surface area (Å²) in [6.45, 7) is 4.78. The second kappa shape index (κ2) is 5.21. The zero-order valence-electron chi connectivity index (χ0n) is 10.8. The SMILES string of the molecule is CCN(OC)S(=O)(=O)c1c(C)cc(F)c(N)c1C. The monoisotopic (exact) mass is 276 g/mol. The minimum Gasteiger partial charge on any atom is -0.396 e. The van der Waals surface area contributed by atoms with Crippen molar-refractivity contribution in [2.45, 2.75) is 25.7 Å². The van der Waals surface area contributed by atoms with E-state index < -0.39 is 15.8 Å². The van der Waals surface area contributed by atoms with Crippen molar-refractivity contribution in [3.63, 3.8) is 0 Å². The summed E-state index contributed by atoms with van der Waals surface area (Å²) in [5.74, 6) is -0.621. The molecule has 0 aromatic heterocycles.